The Morgan fingerprint density at radius 3 is 1.19 bits per heavy atom. The van der Waals surface area contributed by atoms with Crippen LogP contribution in [0.1, 0.15) is 115 Å². The molecule has 5 rings (SSSR count). The van der Waals surface area contributed by atoms with Crippen LogP contribution < -0.4 is 0 Å². The highest BCUT2D eigenvalue weighted by molar-refractivity contribution is 5.77. The Morgan fingerprint density at radius 1 is 0.509 bits per heavy atom. The van der Waals surface area contributed by atoms with E-state index in [0.717, 1.165) is 48.8 Å². The zero-order valence-electron chi connectivity index (χ0n) is 34.2. The molecule has 0 aliphatic rings. The average molecular weight is 736 g/mol. The van der Waals surface area contributed by atoms with E-state index >= 15 is 0 Å². The van der Waals surface area contributed by atoms with Gasteiger partial charge in [-0.05, 0) is 143 Å². The third kappa shape index (κ3) is 9.91. The van der Waals surface area contributed by atoms with Crippen LogP contribution in [0.4, 0.5) is 13.9 Å². The Kier molecular flexibility index (Phi) is 18.1. The minimum Gasteiger partial charge on any atom is -0.351 e. The predicted molar refractivity (Wildman–Crippen MR) is 217 cm³/mol. The van der Waals surface area contributed by atoms with Crippen LogP contribution in [0.3, 0.4) is 0 Å². The van der Waals surface area contributed by atoms with Crippen molar-refractivity contribution in [3.63, 3.8) is 0 Å². The van der Waals surface area contributed by atoms with E-state index in [2.05, 4.69) is 133 Å². The second-order valence-electron chi connectivity index (χ2n) is 13.1. The summed E-state index contributed by atoms with van der Waals surface area (Å²) in [7, 11) is 10.2. The number of aldehydes is 2. The molecule has 0 aliphatic heterocycles. The summed E-state index contributed by atoms with van der Waals surface area (Å²) >= 11 is 0. The number of carbonyl (C=O) groups excluding carboxylic acids is 2. The van der Waals surface area contributed by atoms with E-state index in [1.807, 2.05) is 42.3 Å². The van der Waals surface area contributed by atoms with Crippen molar-refractivity contribution in [2.75, 3.05) is 0 Å². The van der Waals surface area contributed by atoms with Gasteiger partial charge in [-0.3, -0.25) is 14.3 Å². The van der Waals surface area contributed by atoms with E-state index in [0.29, 0.717) is 5.69 Å². The maximum absolute atomic E-state index is 10.9. The van der Waals surface area contributed by atoms with Gasteiger partial charge in [0.2, 0.25) is 0 Å². The largest absolute Gasteiger partial charge is 0.351 e. The molecule has 5 heterocycles. The van der Waals surface area contributed by atoms with Crippen LogP contribution in [0.5, 0.6) is 0 Å². The Balaban J connectivity index is 0.000000395. The van der Waals surface area contributed by atoms with E-state index in [4.69, 9.17) is 9.15 Å². The van der Waals surface area contributed by atoms with Gasteiger partial charge < -0.3 is 22.8 Å². The molecule has 0 atom stereocenters. The Morgan fingerprint density at radius 2 is 0.887 bits per heavy atom. The second kappa shape index (κ2) is 20.9. The molecule has 0 fully saturated rings. The molecule has 0 unspecified atom stereocenters. The maximum Gasteiger partial charge on any atom is 0.166 e. The number of hydrogen-bond donors (Lipinski definition) is 0. The van der Waals surface area contributed by atoms with E-state index in [-0.39, 0.29) is 4.70 Å². The van der Waals surface area contributed by atoms with Crippen molar-refractivity contribution in [1.82, 2.24) is 22.8 Å². The van der Waals surface area contributed by atoms with Gasteiger partial charge in [-0.15, -0.1) is 0 Å². The molecule has 0 N–H and O–H groups in total. The van der Waals surface area contributed by atoms with Gasteiger partial charge >= 0.3 is 0 Å². The minimum atomic E-state index is 0. The second-order valence-corrected chi connectivity index (χ2v) is 13.1. The molecule has 7 nitrogen and oxygen atoms in total. The molecular formula is C43H60F3N5O2. The van der Waals surface area contributed by atoms with Crippen molar-refractivity contribution >= 4 is 36.9 Å². The predicted octanol–water partition coefficient (Wildman–Crippen LogP) is 10.2. The van der Waals surface area contributed by atoms with Gasteiger partial charge in [-0.1, -0.05) is 20.8 Å². The van der Waals surface area contributed by atoms with E-state index in [1.165, 1.54) is 62.0 Å². The van der Waals surface area contributed by atoms with Gasteiger partial charge in [0.25, 0.3) is 0 Å². The van der Waals surface area contributed by atoms with Gasteiger partial charge in [0.05, 0.1) is 11.4 Å². The summed E-state index contributed by atoms with van der Waals surface area (Å²) in [6, 6.07) is 8.00. The first-order chi connectivity index (χ1) is 24.7. The summed E-state index contributed by atoms with van der Waals surface area (Å²) in [4.78, 5) is 21.6. The molecular weight excluding hydrogens is 676 g/mol. The summed E-state index contributed by atoms with van der Waals surface area (Å²) < 4.78 is 26.5. The molecule has 5 aromatic heterocycles. The number of nitrogens with zero attached hydrogens (tertiary/aromatic N) is 5. The molecule has 0 saturated carbocycles. The number of aryl methyl sites for hydroxylation is 1. The fraction of sp³-hybridized carbons (Fsp3) is 0.395. The van der Waals surface area contributed by atoms with Crippen LogP contribution in [-0.2, 0) is 54.5 Å². The van der Waals surface area contributed by atoms with E-state index < -0.39 is 0 Å². The molecule has 5 aromatic rings. The van der Waals surface area contributed by atoms with Crippen LogP contribution in [0.2, 0.25) is 0 Å². The quantitative estimate of drug-likeness (QED) is 0.142. The first-order valence-corrected chi connectivity index (χ1v) is 17.8. The van der Waals surface area contributed by atoms with Crippen LogP contribution in [0, 0.1) is 41.5 Å². The lowest BCUT2D eigenvalue weighted by molar-refractivity contribution is 0.108. The van der Waals surface area contributed by atoms with Crippen molar-refractivity contribution in [3.05, 3.63) is 115 Å². The standard InChI is InChI=1S/C17H22N2O.C16H22N2.C10H15NO.F2.FH/c1-6-16-12(2)17(18(4)13(16)3)10-9-14-7-8-15(11-20)19(14)5;1-6-15-12(2)16(18(5)13(15)3)10-9-14-8-7-11-17(14)4;1-5-9-7(2)10(6-12)11(4)8(9)3;1-2;/h7-11H,6H2,1-5H3;7-11H,6H2,1-5H3;6H,5H2,1-4H3;;1H/b2*10-9+;;;. The normalized spacial score (nSPS) is 10.7. The molecule has 0 bridgehead atoms. The van der Waals surface area contributed by atoms with Gasteiger partial charge in [0.15, 0.2) is 12.6 Å². The molecule has 0 amide bonds. The molecule has 0 spiro atoms. The fourth-order valence-corrected chi connectivity index (χ4v) is 7.19. The van der Waals surface area contributed by atoms with Crippen LogP contribution in [0.15, 0.2) is 30.5 Å². The lowest BCUT2D eigenvalue weighted by atomic mass is 10.1. The summed E-state index contributed by atoms with van der Waals surface area (Å²) in [5.74, 6) is 0. The first kappa shape index (κ1) is 46.0. The van der Waals surface area contributed by atoms with Crippen LogP contribution in [0.25, 0.3) is 24.3 Å². The van der Waals surface area contributed by atoms with Gasteiger partial charge in [-0.2, -0.15) is 0 Å². The monoisotopic (exact) mass is 735 g/mol. The first-order valence-electron chi connectivity index (χ1n) is 17.8. The number of carbonyl (C=O) groups is 2. The molecule has 290 valence electrons. The number of aromatic nitrogens is 5. The van der Waals surface area contributed by atoms with Crippen molar-refractivity contribution in [2.45, 2.75) is 81.6 Å². The number of halogens is 3. The number of rotatable bonds is 9. The summed E-state index contributed by atoms with van der Waals surface area (Å²) in [6.45, 7) is 19.3. The molecule has 0 saturated heterocycles. The van der Waals surface area contributed by atoms with Gasteiger partial charge in [0.1, 0.15) is 0 Å². The van der Waals surface area contributed by atoms with Crippen molar-refractivity contribution in [2.24, 2.45) is 35.2 Å². The lowest BCUT2D eigenvalue weighted by Gasteiger charge is -2.02. The van der Waals surface area contributed by atoms with Crippen molar-refractivity contribution < 1.29 is 23.4 Å². The van der Waals surface area contributed by atoms with E-state index in [1.54, 1.807) is 0 Å². The van der Waals surface area contributed by atoms with Crippen LogP contribution in [-0.4, -0.2) is 35.4 Å². The Labute approximate surface area is 314 Å². The number of hydrogen-bond acceptors (Lipinski definition) is 2. The minimum absolute atomic E-state index is 0. The fourth-order valence-electron chi connectivity index (χ4n) is 7.19. The summed E-state index contributed by atoms with van der Waals surface area (Å²) in [6.07, 6.45) is 15.6. The van der Waals surface area contributed by atoms with Crippen molar-refractivity contribution in [3.8, 4) is 0 Å². The summed E-state index contributed by atoms with van der Waals surface area (Å²) in [5, 5.41) is 0. The zero-order valence-corrected chi connectivity index (χ0v) is 34.2. The third-order valence-electron chi connectivity index (χ3n) is 10.7. The zero-order chi connectivity index (χ0) is 39.4. The molecule has 0 radical (unpaired) electrons. The molecule has 0 aromatic carbocycles. The molecule has 0 aliphatic carbocycles. The highest BCUT2D eigenvalue weighted by atomic mass is 20.0. The average Bonchev–Trinajstić information content (AvgIpc) is 3.87. The highest BCUT2D eigenvalue weighted by Crippen LogP contribution is 2.25. The summed E-state index contributed by atoms with van der Waals surface area (Å²) in [5.41, 5.74) is 18.3. The maximum atomic E-state index is 10.9. The lowest BCUT2D eigenvalue weighted by Crippen LogP contribution is -1.97. The van der Waals surface area contributed by atoms with Crippen molar-refractivity contribution in [1.29, 1.82) is 0 Å². The van der Waals surface area contributed by atoms with E-state index in [9.17, 15) is 9.59 Å². The topological polar surface area (TPSA) is 58.8 Å². The van der Waals surface area contributed by atoms with Crippen LogP contribution >= 0.6 is 0 Å². The molecule has 53 heavy (non-hydrogen) atoms. The molecule has 10 heteroatoms. The Bertz CT molecular complexity index is 2030. The SMILES string of the molecule is CCc1c(C)c(/C=C/c2ccc(C=O)n2C)n(C)c1C.CCc1c(C)c(/C=C/c2cccn2C)n(C)c1C.CCc1c(C)c(C=O)n(C)c1C.F.FF. The highest BCUT2D eigenvalue weighted by Gasteiger charge is 2.14. The van der Waals surface area contributed by atoms with Gasteiger partial charge in [0, 0.05) is 90.4 Å². The Hall–Kier alpha value is -4.99. The smallest absolute Gasteiger partial charge is 0.166 e. The van der Waals surface area contributed by atoms with Gasteiger partial charge in [-0.25, -0.2) is 0 Å². The third-order valence-corrected chi connectivity index (χ3v) is 10.7.